The lowest BCUT2D eigenvalue weighted by atomic mass is 10.2. The molecule has 0 saturated carbocycles. The Balaban J connectivity index is 1.82. The standard InChI is InChI=1S/C13H20N4O/c1-15(2)13(18)17-9-7-16(8-10-17)11-12-3-5-14-6-4-12/h3-6H,7-11H2,1-2H3. The molecule has 5 heteroatoms. The SMILES string of the molecule is CN(C)C(=O)N1CCN(Cc2ccncc2)CC1. The van der Waals surface area contributed by atoms with E-state index in [1.54, 1.807) is 19.0 Å². The number of rotatable bonds is 2. The van der Waals surface area contributed by atoms with Gasteiger partial charge in [-0.3, -0.25) is 9.88 Å². The Bertz CT molecular complexity index is 385. The number of piperazine rings is 1. The van der Waals surface area contributed by atoms with Crippen molar-refractivity contribution >= 4 is 6.03 Å². The van der Waals surface area contributed by atoms with E-state index in [2.05, 4.69) is 9.88 Å². The van der Waals surface area contributed by atoms with E-state index in [1.165, 1.54) is 5.56 Å². The maximum atomic E-state index is 11.8. The average Bonchev–Trinajstić information content (AvgIpc) is 2.40. The second-order valence-corrected chi connectivity index (χ2v) is 4.80. The molecule has 18 heavy (non-hydrogen) atoms. The molecule has 0 radical (unpaired) electrons. The van der Waals surface area contributed by atoms with Crippen LogP contribution in [0.5, 0.6) is 0 Å². The Morgan fingerprint density at radius 1 is 1.22 bits per heavy atom. The Labute approximate surface area is 108 Å². The number of hydrogen-bond acceptors (Lipinski definition) is 3. The topological polar surface area (TPSA) is 39.7 Å². The summed E-state index contributed by atoms with van der Waals surface area (Å²) in [7, 11) is 3.59. The Hall–Kier alpha value is -1.62. The highest BCUT2D eigenvalue weighted by molar-refractivity contribution is 5.73. The van der Waals surface area contributed by atoms with Gasteiger partial charge < -0.3 is 9.80 Å². The van der Waals surface area contributed by atoms with Gasteiger partial charge in [-0.2, -0.15) is 0 Å². The van der Waals surface area contributed by atoms with Crippen LogP contribution >= 0.6 is 0 Å². The number of amides is 2. The van der Waals surface area contributed by atoms with Crippen molar-refractivity contribution in [3.05, 3.63) is 30.1 Å². The van der Waals surface area contributed by atoms with Gasteiger partial charge in [-0.05, 0) is 17.7 Å². The van der Waals surface area contributed by atoms with Gasteiger partial charge in [0.1, 0.15) is 0 Å². The zero-order chi connectivity index (χ0) is 13.0. The van der Waals surface area contributed by atoms with Gasteiger partial charge in [-0.25, -0.2) is 4.79 Å². The third-order valence-corrected chi connectivity index (χ3v) is 3.18. The van der Waals surface area contributed by atoms with Crippen molar-refractivity contribution < 1.29 is 4.79 Å². The summed E-state index contributed by atoms with van der Waals surface area (Å²) < 4.78 is 0. The van der Waals surface area contributed by atoms with Crippen molar-refractivity contribution in [2.75, 3.05) is 40.3 Å². The first-order chi connectivity index (χ1) is 8.66. The van der Waals surface area contributed by atoms with E-state index in [9.17, 15) is 4.79 Å². The summed E-state index contributed by atoms with van der Waals surface area (Å²) in [6.07, 6.45) is 3.64. The van der Waals surface area contributed by atoms with Gasteiger partial charge in [0.05, 0.1) is 0 Å². The molecule has 0 unspecified atom stereocenters. The highest BCUT2D eigenvalue weighted by Crippen LogP contribution is 2.08. The first-order valence-electron chi connectivity index (χ1n) is 6.24. The minimum absolute atomic E-state index is 0.110. The maximum absolute atomic E-state index is 11.8. The van der Waals surface area contributed by atoms with Crippen molar-refractivity contribution in [1.82, 2.24) is 19.7 Å². The lowest BCUT2D eigenvalue weighted by Gasteiger charge is -2.35. The fraction of sp³-hybridized carbons (Fsp3) is 0.538. The number of carbonyl (C=O) groups excluding carboxylic acids is 1. The van der Waals surface area contributed by atoms with Crippen LogP contribution in [0.3, 0.4) is 0 Å². The first kappa shape index (κ1) is 12.8. The Kier molecular flexibility index (Phi) is 4.15. The number of pyridine rings is 1. The monoisotopic (exact) mass is 248 g/mol. The van der Waals surface area contributed by atoms with E-state index >= 15 is 0 Å². The predicted octanol–water partition coefficient (Wildman–Crippen LogP) is 0.881. The molecule has 0 aromatic carbocycles. The van der Waals surface area contributed by atoms with Gasteiger partial charge in [-0.15, -0.1) is 0 Å². The molecule has 0 bridgehead atoms. The summed E-state index contributed by atoms with van der Waals surface area (Å²) in [5.74, 6) is 0. The zero-order valence-electron chi connectivity index (χ0n) is 11.0. The van der Waals surface area contributed by atoms with Crippen molar-refractivity contribution in [2.45, 2.75) is 6.54 Å². The van der Waals surface area contributed by atoms with Gasteiger partial charge >= 0.3 is 6.03 Å². The van der Waals surface area contributed by atoms with Crippen LogP contribution in [0.2, 0.25) is 0 Å². The predicted molar refractivity (Wildman–Crippen MR) is 70.2 cm³/mol. The summed E-state index contributed by atoms with van der Waals surface area (Å²) in [5, 5.41) is 0. The van der Waals surface area contributed by atoms with Crippen LogP contribution in [0.25, 0.3) is 0 Å². The van der Waals surface area contributed by atoms with Crippen molar-refractivity contribution in [2.24, 2.45) is 0 Å². The third kappa shape index (κ3) is 3.20. The van der Waals surface area contributed by atoms with Crippen molar-refractivity contribution in [3.8, 4) is 0 Å². The van der Waals surface area contributed by atoms with Gasteiger partial charge in [0, 0.05) is 59.2 Å². The molecule has 5 nitrogen and oxygen atoms in total. The molecule has 1 aliphatic heterocycles. The quantitative estimate of drug-likeness (QED) is 0.780. The minimum atomic E-state index is 0.110. The molecular formula is C13H20N4O. The molecule has 1 saturated heterocycles. The number of carbonyl (C=O) groups is 1. The molecule has 98 valence electrons. The highest BCUT2D eigenvalue weighted by atomic mass is 16.2. The van der Waals surface area contributed by atoms with E-state index in [1.807, 2.05) is 29.4 Å². The van der Waals surface area contributed by atoms with Gasteiger partial charge in [-0.1, -0.05) is 0 Å². The van der Waals surface area contributed by atoms with E-state index < -0.39 is 0 Å². The molecule has 0 N–H and O–H groups in total. The molecule has 0 atom stereocenters. The number of aromatic nitrogens is 1. The highest BCUT2D eigenvalue weighted by Gasteiger charge is 2.21. The van der Waals surface area contributed by atoms with Crippen LogP contribution in [0, 0.1) is 0 Å². The van der Waals surface area contributed by atoms with Crippen molar-refractivity contribution in [1.29, 1.82) is 0 Å². The van der Waals surface area contributed by atoms with E-state index in [4.69, 9.17) is 0 Å². The zero-order valence-corrected chi connectivity index (χ0v) is 11.0. The second kappa shape index (κ2) is 5.82. The van der Waals surface area contributed by atoms with E-state index in [0.717, 1.165) is 32.7 Å². The molecule has 1 aliphatic rings. The number of nitrogens with zero attached hydrogens (tertiary/aromatic N) is 4. The van der Waals surface area contributed by atoms with E-state index in [-0.39, 0.29) is 6.03 Å². The fourth-order valence-corrected chi connectivity index (χ4v) is 2.13. The van der Waals surface area contributed by atoms with Gasteiger partial charge in [0.2, 0.25) is 0 Å². The average molecular weight is 248 g/mol. The molecule has 0 aliphatic carbocycles. The summed E-state index contributed by atoms with van der Waals surface area (Å²) in [6, 6.07) is 4.19. The first-order valence-corrected chi connectivity index (χ1v) is 6.24. The van der Waals surface area contributed by atoms with E-state index in [0.29, 0.717) is 0 Å². The Morgan fingerprint density at radius 2 is 1.83 bits per heavy atom. The minimum Gasteiger partial charge on any atom is -0.331 e. The van der Waals surface area contributed by atoms with Crippen LogP contribution < -0.4 is 0 Å². The van der Waals surface area contributed by atoms with Crippen LogP contribution in [-0.4, -0.2) is 66.0 Å². The number of hydrogen-bond donors (Lipinski definition) is 0. The molecule has 1 aromatic heterocycles. The molecule has 2 rings (SSSR count). The fourth-order valence-electron chi connectivity index (χ4n) is 2.13. The molecule has 0 spiro atoms. The smallest absolute Gasteiger partial charge is 0.319 e. The van der Waals surface area contributed by atoms with Crippen molar-refractivity contribution in [3.63, 3.8) is 0 Å². The van der Waals surface area contributed by atoms with Crippen LogP contribution in [0.4, 0.5) is 4.79 Å². The van der Waals surface area contributed by atoms with Crippen LogP contribution in [0.15, 0.2) is 24.5 Å². The summed E-state index contributed by atoms with van der Waals surface area (Å²) in [5.41, 5.74) is 1.28. The van der Waals surface area contributed by atoms with Gasteiger partial charge in [0.25, 0.3) is 0 Å². The summed E-state index contributed by atoms with van der Waals surface area (Å²) >= 11 is 0. The molecule has 1 fully saturated rings. The third-order valence-electron chi connectivity index (χ3n) is 3.18. The summed E-state index contributed by atoms with van der Waals surface area (Å²) in [6.45, 7) is 4.42. The lowest BCUT2D eigenvalue weighted by molar-refractivity contribution is 0.120. The molecule has 2 amide bonds. The second-order valence-electron chi connectivity index (χ2n) is 4.80. The number of urea groups is 1. The summed E-state index contributed by atoms with van der Waals surface area (Å²) in [4.78, 5) is 21.7. The normalized spacial score (nSPS) is 16.7. The Morgan fingerprint density at radius 3 is 2.39 bits per heavy atom. The van der Waals surface area contributed by atoms with Crippen LogP contribution in [0.1, 0.15) is 5.56 Å². The van der Waals surface area contributed by atoms with Crippen LogP contribution in [-0.2, 0) is 6.54 Å². The molecule has 1 aromatic rings. The largest absolute Gasteiger partial charge is 0.331 e. The van der Waals surface area contributed by atoms with Gasteiger partial charge in [0.15, 0.2) is 0 Å². The molecule has 2 heterocycles. The lowest BCUT2D eigenvalue weighted by Crippen LogP contribution is -2.51. The molecular weight excluding hydrogens is 228 g/mol. The maximum Gasteiger partial charge on any atom is 0.319 e.